The highest BCUT2D eigenvalue weighted by molar-refractivity contribution is 4.84. The third kappa shape index (κ3) is 4.40. The van der Waals surface area contributed by atoms with E-state index in [0.29, 0.717) is 6.61 Å². The average molecular weight is 201 g/mol. The van der Waals surface area contributed by atoms with Crippen LogP contribution in [0.3, 0.4) is 0 Å². The van der Waals surface area contributed by atoms with Crippen molar-refractivity contribution in [1.82, 2.24) is 5.32 Å². The van der Waals surface area contributed by atoms with Crippen LogP contribution in [0.4, 0.5) is 0 Å². The van der Waals surface area contributed by atoms with Crippen molar-refractivity contribution in [2.45, 2.75) is 51.2 Å². The summed E-state index contributed by atoms with van der Waals surface area (Å²) in [5.41, 5.74) is -0.584. The van der Waals surface area contributed by atoms with Gasteiger partial charge >= 0.3 is 0 Å². The van der Waals surface area contributed by atoms with E-state index >= 15 is 0 Å². The molecule has 0 aromatic heterocycles. The summed E-state index contributed by atoms with van der Waals surface area (Å²) in [6.45, 7) is 8.62. The molecule has 1 heterocycles. The maximum absolute atomic E-state index is 10.1. The van der Waals surface area contributed by atoms with Crippen molar-refractivity contribution in [3.8, 4) is 0 Å². The third-order valence-corrected chi connectivity index (χ3v) is 2.64. The smallest absolute Gasteiger partial charge is 0.0693 e. The summed E-state index contributed by atoms with van der Waals surface area (Å²) in [4.78, 5) is 0. The van der Waals surface area contributed by atoms with Gasteiger partial charge in [-0.2, -0.15) is 0 Å². The summed E-state index contributed by atoms with van der Waals surface area (Å²) >= 11 is 0. The second-order valence-corrected chi connectivity index (χ2v) is 5.19. The Bertz CT molecular complexity index is 169. The maximum atomic E-state index is 10.1. The SMILES string of the molecule is CC(C)(C)OCCC1(O)CCNCC1. The molecule has 0 spiro atoms. The van der Waals surface area contributed by atoms with Gasteiger partial charge in [-0.05, 0) is 53.1 Å². The lowest BCUT2D eigenvalue weighted by Gasteiger charge is -2.33. The van der Waals surface area contributed by atoms with Gasteiger partial charge in [-0.15, -0.1) is 0 Å². The summed E-state index contributed by atoms with van der Waals surface area (Å²) < 4.78 is 5.62. The van der Waals surface area contributed by atoms with Gasteiger partial charge in [0.2, 0.25) is 0 Å². The Hall–Kier alpha value is -0.120. The molecule has 1 fully saturated rings. The van der Waals surface area contributed by atoms with E-state index in [2.05, 4.69) is 5.32 Å². The molecule has 84 valence electrons. The lowest BCUT2D eigenvalue weighted by atomic mass is 9.89. The average Bonchev–Trinajstić information content (AvgIpc) is 2.02. The van der Waals surface area contributed by atoms with E-state index in [1.807, 2.05) is 20.8 Å². The first kappa shape index (κ1) is 12.0. The lowest BCUT2D eigenvalue weighted by molar-refractivity contribution is -0.0581. The van der Waals surface area contributed by atoms with Crippen LogP contribution < -0.4 is 5.32 Å². The van der Waals surface area contributed by atoms with Crippen LogP contribution in [0, 0.1) is 0 Å². The molecule has 0 aliphatic carbocycles. The number of hydrogen-bond acceptors (Lipinski definition) is 3. The van der Waals surface area contributed by atoms with Crippen molar-refractivity contribution in [2.75, 3.05) is 19.7 Å². The predicted octanol–water partition coefficient (Wildman–Crippen LogP) is 1.31. The van der Waals surface area contributed by atoms with Crippen LogP contribution in [0.25, 0.3) is 0 Å². The molecule has 0 aromatic rings. The Balaban J connectivity index is 2.22. The fourth-order valence-corrected chi connectivity index (χ4v) is 1.69. The number of hydrogen-bond donors (Lipinski definition) is 2. The topological polar surface area (TPSA) is 41.5 Å². The highest BCUT2D eigenvalue weighted by Crippen LogP contribution is 2.22. The molecule has 1 rings (SSSR count). The lowest BCUT2D eigenvalue weighted by Crippen LogP contribution is -2.43. The number of aliphatic hydroxyl groups is 1. The molecule has 0 atom stereocenters. The fourth-order valence-electron chi connectivity index (χ4n) is 1.69. The summed E-state index contributed by atoms with van der Waals surface area (Å²) in [5.74, 6) is 0. The molecule has 0 unspecified atom stereocenters. The molecular weight excluding hydrogens is 178 g/mol. The van der Waals surface area contributed by atoms with Crippen LogP contribution in [0.15, 0.2) is 0 Å². The van der Waals surface area contributed by atoms with Crippen LogP contribution >= 0.6 is 0 Å². The first-order valence-electron chi connectivity index (χ1n) is 5.48. The Labute approximate surface area is 86.8 Å². The standard InChI is InChI=1S/C11H23NO2/c1-10(2,3)14-9-6-11(13)4-7-12-8-5-11/h12-13H,4-9H2,1-3H3. The largest absolute Gasteiger partial charge is 0.390 e. The van der Waals surface area contributed by atoms with Crippen molar-refractivity contribution in [3.63, 3.8) is 0 Å². The van der Waals surface area contributed by atoms with Crippen molar-refractivity contribution in [1.29, 1.82) is 0 Å². The van der Waals surface area contributed by atoms with E-state index < -0.39 is 5.60 Å². The summed E-state index contributed by atoms with van der Waals surface area (Å²) in [6, 6.07) is 0. The first-order chi connectivity index (χ1) is 6.41. The Morgan fingerprint density at radius 2 is 1.86 bits per heavy atom. The van der Waals surface area contributed by atoms with E-state index in [9.17, 15) is 5.11 Å². The second-order valence-electron chi connectivity index (χ2n) is 5.19. The first-order valence-corrected chi connectivity index (χ1v) is 5.48. The van der Waals surface area contributed by atoms with E-state index in [1.54, 1.807) is 0 Å². The van der Waals surface area contributed by atoms with Crippen molar-refractivity contribution < 1.29 is 9.84 Å². The number of rotatable bonds is 3. The highest BCUT2D eigenvalue weighted by Gasteiger charge is 2.29. The van der Waals surface area contributed by atoms with Gasteiger partial charge in [0, 0.05) is 0 Å². The van der Waals surface area contributed by atoms with Gasteiger partial charge < -0.3 is 15.2 Å². The molecule has 0 radical (unpaired) electrons. The van der Waals surface area contributed by atoms with Crippen LogP contribution in [0.5, 0.6) is 0 Å². The normalized spacial score (nSPS) is 22.3. The van der Waals surface area contributed by atoms with Gasteiger partial charge in [0.1, 0.15) is 0 Å². The maximum Gasteiger partial charge on any atom is 0.0693 e. The molecule has 0 aromatic carbocycles. The van der Waals surface area contributed by atoms with Gasteiger partial charge in [-0.1, -0.05) is 0 Å². The molecule has 3 nitrogen and oxygen atoms in total. The molecule has 1 aliphatic heterocycles. The summed E-state index contributed by atoms with van der Waals surface area (Å²) in [7, 11) is 0. The van der Waals surface area contributed by atoms with Crippen molar-refractivity contribution in [2.24, 2.45) is 0 Å². The van der Waals surface area contributed by atoms with Gasteiger partial charge in [-0.25, -0.2) is 0 Å². The molecule has 1 saturated heterocycles. The Kier molecular flexibility index (Phi) is 3.93. The second kappa shape index (κ2) is 4.60. The minimum absolute atomic E-state index is 0.0940. The minimum Gasteiger partial charge on any atom is -0.390 e. The van der Waals surface area contributed by atoms with Crippen LogP contribution in [-0.2, 0) is 4.74 Å². The molecule has 3 heteroatoms. The zero-order chi connectivity index (χ0) is 10.7. The molecule has 14 heavy (non-hydrogen) atoms. The molecule has 0 bridgehead atoms. The van der Waals surface area contributed by atoms with Crippen molar-refractivity contribution >= 4 is 0 Å². The molecule has 1 aliphatic rings. The van der Waals surface area contributed by atoms with Crippen LogP contribution in [-0.4, -0.2) is 36.0 Å². The van der Waals surface area contributed by atoms with Gasteiger partial charge in [-0.3, -0.25) is 0 Å². The summed E-state index contributed by atoms with van der Waals surface area (Å²) in [5, 5.41) is 13.4. The monoisotopic (exact) mass is 201 g/mol. The zero-order valence-corrected chi connectivity index (χ0v) is 9.60. The quantitative estimate of drug-likeness (QED) is 0.723. The van der Waals surface area contributed by atoms with Crippen LogP contribution in [0.2, 0.25) is 0 Å². The Morgan fingerprint density at radius 1 is 1.29 bits per heavy atom. The van der Waals surface area contributed by atoms with E-state index in [-0.39, 0.29) is 5.60 Å². The van der Waals surface area contributed by atoms with E-state index in [1.165, 1.54) is 0 Å². The van der Waals surface area contributed by atoms with E-state index in [4.69, 9.17) is 4.74 Å². The predicted molar refractivity (Wildman–Crippen MR) is 57.4 cm³/mol. The third-order valence-electron chi connectivity index (χ3n) is 2.64. The van der Waals surface area contributed by atoms with Gasteiger partial charge in [0.15, 0.2) is 0 Å². The molecule has 0 saturated carbocycles. The van der Waals surface area contributed by atoms with Gasteiger partial charge in [0.25, 0.3) is 0 Å². The van der Waals surface area contributed by atoms with Crippen molar-refractivity contribution in [3.05, 3.63) is 0 Å². The molecule has 2 N–H and O–H groups in total. The minimum atomic E-state index is -0.490. The van der Waals surface area contributed by atoms with Gasteiger partial charge in [0.05, 0.1) is 17.8 Å². The number of nitrogens with one attached hydrogen (secondary N) is 1. The molecular formula is C11H23NO2. The zero-order valence-electron chi connectivity index (χ0n) is 9.60. The van der Waals surface area contributed by atoms with Crippen LogP contribution in [0.1, 0.15) is 40.0 Å². The summed E-state index contributed by atoms with van der Waals surface area (Å²) in [6.07, 6.45) is 2.45. The highest BCUT2D eigenvalue weighted by atomic mass is 16.5. The number of piperidine rings is 1. The van der Waals surface area contributed by atoms with E-state index in [0.717, 1.165) is 32.4 Å². The fraction of sp³-hybridized carbons (Fsp3) is 1.00. The molecule has 0 amide bonds. The Morgan fingerprint density at radius 3 is 2.36 bits per heavy atom. The number of ether oxygens (including phenoxy) is 1.